The number of hydrogen-bond donors (Lipinski definition) is 2. The SMILES string of the molecule is COc1ccc(CCNc2nc(C)cc(Nc3ccc4c(c3)OCCO4)n2)cc1. The van der Waals surface area contributed by atoms with Crippen molar-refractivity contribution >= 4 is 17.5 Å². The number of anilines is 3. The Morgan fingerprint density at radius 2 is 1.76 bits per heavy atom. The summed E-state index contributed by atoms with van der Waals surface area (Å²) in [6.45, 7) is 3.83. The highest BCUT2D eigenvalue weighted by molar-refractivity contribution is 5.62. The zero-order valence-corrected chi connectivity index (χ0v) is 16.6. The van der Waals surface area contributed by atoms with Crippen LogP contribution in [0.15, 0.2) is 48.5 Å². The first-order valence-electron chi connectivity index (χ1n) is 9.59. The van der Waals surface area contributed by atoms with Crippen LogP contribution in [0.5, 0.6) is 17.2 Å². The van der Waals surface area contributed by atoms with Crippen molar-refractivity contribution in [1.82, 2.24) is 9.97 Å². The van der Waals surface area contributed by atoms with Crippen LogP contribution in [-0.2, 0) is 6.42 Å². The maximum atomic E-state index is 5.64. The molecule has 0 aliphatic carbocycles. The summed E-state index contributed by atoms with van der Waals surface area (Å²) < 4.78 is 16.4. The predicted octanol–water partition coefficient (Wildman–Crippen LogP) is 3.96. The van der Waals surface area contributed by atoms with E-state index in [1.54, 1.807) is 7.11 Å². The van der Waals surface area contributed by atoms with Gasteiger partial charge in [0.25, 0.3) is 0 Å². The second kappa shape index (κ2) is 8.68. The number of hydrogen-bond acceptors (Lipinski definition) is 7. The van der Waals surface area contributed by atoms with Crippen LogP contribution in [0.4, 0.5) is 17.5 Å². The van der Waals surface area contributed by atoms with Crippen molar-refractivity contribution in [2.45, 2.75) is 13.3 Å². The molecule has 0 amide bonds. The van der Waals surface area contributed by atoms with Crippen LogP contribution in [0.25, 0.3) is 0 Å². The quantitative estimate of drug-likeness (QED) is 0.630. The zero-order valence-electron chi connectivity index (χ0n) is 16.6. The third-order valence-electron chi connectivity index (χ3n) is 4.52. The van der Waals surface area contributed by atoms with Gasteiger partial charge in [0.15, 0.2) is 11.5 Å². The molecule has 0 atom stereocenters. The first-order valence-corrected chi connectivity index (χ1v) is 9.59. The lowest BCUT2D eigenvalue weighted by Crippen LogP contribution is -2.15. The first kappa shape index (κ1) is 18.9. The largest absolute Gasteiger partial charge is 0.497 e. The molecule has 2 N–H and O–H groups in total. The van der Waals surface area contributed by atoms with Crippen LogP contribution in [-0.4, -0.2) is 36.8 Å². The monoisotopic (exact) mass is 392 g/mol. The zero-order chi connectivity index (χ0) is 20.1. The summed E-state index contributed by atoms with van der Waals surface area (Å²) in [6.07, 6.45) is 0.867. The molecule has 1 aliphatic heterocycles. The minimum absolute atomic E-state index is 0.561. The van der Waals surface area contributed by atoms with Crippen molar-refractivity contribution in [1.29, 1.82) is 0 Å². The summed E-state index contributed by atoms with van der Waals surface area (Å²) in [6, 6.07) is 15.7. The first-order chi connectivity index (χ1) is 14.2. The van der Waals surface area contributed by atoms with Gasteiger partial charge in [-0.25, -0.2) is 4.98 Å². The van der Waals surface area contributed by atoms with Crippen molar-refractivity contribution in [3.8, 4) is 17.2 Å². The van der Waals surface area contributed by atoms with Crippen molar-refractivity contribution < 1.29 is 14.2 Å². The normalized spacial score (nSPS) is 12.3. The maximum absolute atomic E-state index is 5.64. The highest BCUT2D eigenvalue weighted by Crippen LogP contribution is 2.33. The van der Waals surface area contributed by atoms with E-state index in [-0.39, 0.29) is 0 Å². The van der Waals surface area contributed by atoms with E-state index in [4.69, 9.17) is 14.2 Å². The van der Waals surface area contributed by atoms with E-state index in [1.165, 1.54) is 5.56 Å². The average Bonchev–Trinajstić information content (AvgIpc) is 2.74. The summed E-state index contributed by atoms with van der Waals surface area (Å²) in [5.41, 5.74) is 2.99. The fraction of sp³-hybridized carbons (Fsp3) is 0.273. The van der Waals surface area contributed by atoms with Crippen LogP contribution >= 0.6 is 0 Å². The van der Waals surface area contributed by atoms with Gasteiger partial charge in [-0.1, -0.05) is 12.1 Å². The van der Waals surface area contributed by atoms with Gasteiger partial charge in [0.2, 0.25) is 5.95 Å². The standard InChI is InChI=1S/C22H24N4O3/c1-15-13-21(25-17-5-8-19-20(14-17)29-12-11-28-19)26-22(24-15)23-10-9-16-3-6-18(27-2)7-4-16/h3-8,13-14H,9-12H2,1-2H3,(H2,23,24,25,26). The van der Waals surface area contributed by atoms with Gasteiger partial charge in [0.1, 0.15) is 24.8 Å². The maximum Gasteiger partial charge on any atom is 0.224 e. The molecular weight excluding hydrogens is 368 g/mol. The average molecular weight is 392 g/mol. The van der Waals surface area contributed by atoms with Crippen molar-refractivity contribution in [3.05, 3.63) is 59.8 Å². The number of benzene rings is 2. The summed E-state index contributed by atoms with van der Waals surface area (Å²) in [7, 11) is 1.67. The van der Waals surface area contributed by atoms with E-state index in [2.05, 4.69) is 32.7 Å². The third-order valence-corrected chi connectivity index (χ3v) is 4.52. The Labute approximate surface area is 170 Å². The molecule has 0 radical (unpaired) electrons. The van der Waals surface area contributed by atoms with Crippen LogP contribution in [0.3, 0.4) is 0 Å². The van der Waals surface area contributed by atoms with E-state index in [1.807, 2.05) is 43.3 Å². The topological polar surface area (TPSA) is 77.5 Å². The second-order valence-corrected chi connectivity index (χ2v) is 6.73. The van der Waals surface area contributed by atoms with Crippen molar-refractivity contribution in [3.63, 3.8) is 0 Å². The fourth-order valence-corrected chi connectivity index (χ4v) is 3.09. The number of rotatable bonds is 7. The molecule has 0 saturated carbocycles. The molecule has 2 heterocycles. The molecule has 0 spiro atoms. The number of nitrogens with one attached hydrogen (secondary N) is 2. The van der Waals surface area contributed by atoms with Gasteiger partial charge < -0.3 is 24.8 Å². The Kier molecular flexibility index (Phi) is 5.65. The smallest absolute Gasteiger partial charge is 0.224 e. The molecule has 2 aromatic carbocycles. The van der Waals surface area contributed by atoms with Gasteiger partial charge in [0.05, 0.1) is 7.11 Å². The molecule has 7 heteroatoms. The Bertz CT molecular complexity index is 976. The van der Waals surface area contributed by atoms with Crippen LogP contribution in [0.1, 0.15) is 11.3 Å². The molecule has 7 nitrogen and oxygen atoms in total. The van der Waals surface area contributed by atoms with E-state index < -0.39 is 0 Å². The summed E-state index contributed by atoms with van der Waals surface area (Å²) in [4.78, 5) is 9.05. The van der Waals surface area contributed by atoms with E-state index in [0.717, 1.165) is 47.4 Å². The summed E-state index contributed by atoms with van der Waals surface area (Å²) >= 11 is 0. The Hall–Kier alpha value is -3.48. The van der Waals surface area contributed by atoms with Gasteiger partial charge >= 0.3 is 0 Å². The van der Waals surface area contributed by atoms with Crippen molar-refractivity contribution in [2.24, 2.45) is 0 Å². The molecule has 3 aromatic rings. The molecule has 0 unspecified atom stereocenters. The number of nitrogens with zero attached hydrogens (tertiary/aromatic N) is 2. The molecule has 0 saturated heterocycles. The molecule has 1 aromatic heterocycles. The number of methoxy groups -OCH3 is 1. The fourth-order valence-electron chi connectivity index (χ4n) is 3.09. The van der Waals surface area contributed by atoms with E-state index in [0.29, 0.717) is 19.2 Å². The van der Waals surface area contributed by atoms with Gasteiger partial charge in [-0.15, -0.1) is 0 Å². The van der Waals surface area contributed by atoms with E-state index >= 15 is 0 Å². The van der Waals surface area contributed by atoms with Gasteiger partial charge in [-0.3, -0.25) is 0 Å². The number of fused-ring (bicyclic) bond motifs is 1. The van der Waals surface area contributed by atoms with Gasteiger partial charge in [-0.2, -0.15) is 4.98 Å². The summed E-state index contributed by atoms with van der Waals surface area (Å²) in [5.74, 6) is 3.68. The Balaban J connectivity index is 1.39. The summed E-state index contributed by atoms with van der Waals surface area (Å²) in [5, 5.41) is 6.62. The Morgan fingerprint density at radius 3 is 2.55 bits per heavy atom. The van der Waals surface area contributed by atoms with Crippen LogP contribution in [0, 0.1) is 6.92 Å². The molecule has 0 fully saturated rings. The highest BCUT2D eigenvalue weighted by Gasteiger charge is 2.12. The number of ether oxygens (including phenoxy) is 3. The Morgan fingerprint density at radius 1 is 0.966 bits per heavy atom. The molecule has 150 valence electrons. The molecule has 4 rings (SSSR count). The lowest BCUT2D eigenvalue weighted by atomic mass is 10.1. The minimum atomic E-state index is 0.561. The molecular formula is C22H24N4O3. The second-order valence-electron chi connectivity index (χ2n) is 6.73. The lowest BCUT2D eigenvalue weighted by Gasteiger charge is -2.19. The lowest BCUT2D eigenvalue weighted by molar-refractivity contribution is 0.171. The third kappa shape index (κ3) is 4.87. The minimum Gasteiger partial charge on any atom is -0.497 e. The molecule has 29 heavy (non-hydrogen) atoms. The highest BCUT2D eigenvalue weighted by atomic mass is 16.6. The number of aryl methyl sites for hydroxylation is 1. The van der Waals surface area contributed by atoms with Gasteiger partial charge in [0, 0.05) is 30.1 Å². The number of aromatic nitrogens is 2. The van der Waals surface area contributed by atoms with Crippen LogP contribution < -0.4 is 24.8 Å². The predicted molar refractivity (Wildman–Crippen MR) is 113 cm³/mol. The van der Waals surface area contributed by atoms with Crippen molar-refractivity contribution in [2.75, 3.05) is 37.5 Å². The van der Waals surface area contributed by atoms with Gasteiger partial charge in [-0.05, 0) is 43.2 Å². The molecule has 0 bridgehead atoms. The molecule has 1 aliphatic rings. The van der Waals surface area contributed by atoms with Crippen LogP contribution in [0.2, 0.25) is 0 Å². The van der Waals surface area contributed by atoms with E-state index in [9.17, 15) is 0 Å².